The van der Waals surface area contributed by atoms with Gasteiger partial charge in [-0.1, -0.05) is 13.8 Å². The Labute approximate surface area is 77.2 Å². The summed E-state index contributed by atoms with van der Waals surface area (Å²) in [6.45, 7) is 4.16. The van der Waals surface area contributed by atoms with Gasteiger partial charge < -0.3 is 9.67 Å². The number of carboxylic acid groups (broad SMARTS) is 1. The molecular formula is C9H14N2O2. The average Bonchev–Trinajstić information content (AvgIpc) is 2.32. The lowest BCUT2D eigenvalue weighted by Gasteiger charge is -2.05. The molecule has 0 unspecified atom stereocenters. The number of aromatic carboxylic acids is 1. The van der Waals surface area contributed by atoms with Crippen molar-refractivity contribution in [1.82, 2.24) is 9.55 Å². The normalized spacial score (nSPS) is 10.8. The van der Waals surface area contributed by atoms with E-state index >= 15 is 0 Å². The third kappa shape index (κ3) is 2.08. The van der Waals surface area contributed by atoms with Crippen molar-refractivity contribution >= 4 is 5.97 Å². The molecule has 0 fully saturated rings. The number of hydrogen-bond acceptors (Lipinski definition) is 2. The molecule has 1 N–H and O–H groups in total. The quantitative estimate of drug-likeness (QED) is 0.767. The van der Waals surface area contributed by atoms with Crippen LogP contribution < -0.4 is 0 Å². The second-order valence-corrected chi connectivity index (χ2v) is 3.52. The maximum absolute atomic E-state index is 10.7. The molecule has 0 aliphatic carbocycles. The number of nitrogens with zero attached hydrogens (tertiary/aromatic N) is 2. The molecule has 72 valence electrons. The molecule has 0 radical (unpaired) electrons. The lowest BCUT2D eigenvalue weighted by molar-refractivity contribution is 0.0686. The first-order valence-electron chi connectivity index (χ1n) is 4.26. The fourth-order valence-corrected chi connectivity index (χ4v) is 1.20. The van der Waals surface area contributed by atoms with Crippen LogP contribution in [-0.2, 0) is 13.5 Å². The largest absolute Gasteiger partial charge is 0.477 e. The van der Waals surface area contributed by atoms with Crippen LogP contribution in [0.1, 0.15) is 30.2 Å². The SMILES string of the molecule is CC(C)Cc1ncc(C(=O)O)n1C. The Morgan fingerprint density at radius 2 is 2.31 bits per heavy atom. The summed E-state index contributed by atoms with van der Waals surface area (Å²) >= 11 is 0. The van der Waals surface area contributed by atoms with E-state index in [-0.39, 0.29) is 5.69 Å². The van der Waals surface area contributed by atoms with Crippen LogP contribution in [0.5, 0.6) is 0 Å². The molecule has 1 rings (SSSR count). The summed E-state index contributed by atoms with van der Waals surface area (Å²) in [7, 11) is 1.73. The van der Waals surface area contributed by atoms with Crippen molar-refractivity contribution in [2.24, 2.45) is 13.0 Å². The fourth-order valence-electron chi connectivity index (χ4n) is 1.20. The molecule has 0 aliphatic rings. The highest BCUT2D eigenvalue weighted by atomic mass is 16.4. The number of carboxylic acids is 1. The first-order valence-corrected chi connectivity index (χ1v) is 4.26. The first-order chi connectivity index (χ1) is 6.02. The molecule has 4 nitrogen and oxygen atoms in total. The molecule has 0 saturated carbocycles. The fraction of sp³-hybridized carbons (Fsp3) is 0.556. The molecule has 0 spiro atoms. The van der Waals surface area contributed by atoms with Crippen molar-refractivity contribution in [3.05, 3.63) is 17.7 Å². The smallest absolute Gasteiger partial charge is 0.354 e. The van der Waals surface area contributed by atoms with E-state index in [1.165, 1.54) is 6.20 Å². The number of aromatic nitrogens is 2. The van der Waals surface area contributed by atoms with Gasteiger partial charge in [0.1, 0.15) is 11.5 Å². The lowest BCUT2D eigenvalue weighted by Crippen LogP contribution is -2.08. The molecule has 1 aromatic heterocycles. The van der Waals surface area contributed by atoms with E-state index in [1.807, 2.05) is 0 Å². The highest BCUT2D eigenvalue weighted by Gasteiger charge is 2.12. The highest BCUT2D eigenvalue weighted by molar-refractivity contribution is 5.85. The third-order valence-electron chi connectivity index (χ3n) is 1.89. The van der Waals surface area contributed by atoms with Crippen LogP contribution in [0.4, 0.5) is 0 Å². The summed E-state index contributed by atoms with van der Waals surface area (Å²) in [5.41, 5.74) is 0.246. The summed E-state index contributed by atoms with van der Waals surface area (Å²) in [6, 6.07) is 0. The molecular weight excluding hydrogens is 168 g/mol. The van der Waals surface area contributed by atoms with Gasteiger partial charge in [0.15, 0.2) is 0 Å². The monoisotopic (exact) mass is 182 g/mol. The summed E-state index contributed by atoms with van der Waals surface area (Å²) in [4.78, 5) is 14.7. The summed E-state index contributed by atoms with van der Waals surface area (Å²) in [5, 5.41) is 8.75. The summed E-state index contributed by atoms with van der Waals surface area (Å²) in [5.74, 6) is 0.389. The summed E-state index contributed by atoms with van der Waals surface area (Å²) < 4.78 is 1.63. The van der Waals surface area contributed by atoms with Crippen LogP contribution in [0.3, 0.4) is 0 Å². The Morgan fingerprint density at radius 3 is 2.69 bits per heavy atom. The van der Waals surface area contributed by atoms with Crippen LogP contribution in [0, 0.1) is 5.92 Å². The van der Waals surface area contributed by atoms with Gasteiger partial charge in [0.25, 0.3) is 0 Å². The Kier molecular flexibility index (Phi) is 2.70. The second kappa shape index (κ2) is 3.60. The standard InChI is InChI=1S/C9H14N2O2/c1-6(2)4-8-10-5-7(9(12)13)11(8)3/h5-6H,4H2,1-3H3,(H,12,13). The zero-order valence-corrected chi connectivity index (χ0v) is 8.11. The predicted molar refractivity (Wildman–Crippen MR) is 48.7 cm³/mol. The number of imidazole rings is 1. The van der Waals surface area contributed by atoms with Crippen LogP contribution in [0.25, 0.3) is 0 Å². The van der Waals surface area contributed by atoms with Gasteiger partial charge in [0.2, 0.25) is 0 Å². The maximum Gasteiger partial charge on any atom is 0.354 e. The van der Waals surface area contributed by atoms with Gasteiger partial charge in [-0.2, -0.15) is 0 Å². The predicted octanol–water partition coefficient (Wildman–Crippen LogP) is 1.32. The van der Waals surface area contributed by atoms with Crippen LogP contribution in [0.2, 0.25) is 0 Å². The van der Waals surface area contributed by atoms with E-state index in [0.717, 1.165) is 12.2 Å². The highest BCUT2D eigenvalue weighted by Crippen LogP contribution is 2.08. The average molecular weight is 182 g/mol. The molecule has 4 heteroatoms. The lowest BCUT2D eigenvalue weighted by atomic mass is 10.1. The summed E-state index contributed by atoms with van der Waals surface area (Å²) in [6.07, 6.45) is 2.21. The van der Waals surface area contributed by atoms with E-state index in [9.17, 15) is 4.79 Å². The number of carbonyl (C=O) groups is 1. The van der Waals surface area contributed by atoms with E-state index in [4.69, 9.17) is 5.11 Å². The van der Waals surface area contributed by atoms with E-state index < -0.39 is 5.97 Å². The van der Waals surface area contributed by atoms with Gasteiger partial charge in [-0.3, -0.25) is 0 Å². The van der Waals surface area contributed by atoms with Crippen molar-refractivity contribution < 1.29 is 9.90 Å². The second-order valence-electron chi connectivity index (χ2n) is 3.52. The molecule has 1 heterocycles. The van der Waals surface area contributed by atoms with Crippen molar-refractivity contribution in [3.63, 3.8) is 0 Å². The van der Waals surface area contributed by atoms with Gasteiger partial charge in [-0.25, -0.2) is 9.78 Å². The van der Waals surface area contributed by atoms with Gasteiger partial charge in [-0.05, 0) is 5.92 Å². The van der Waals surface area contributed by atoms with Gasteiger partial charge in [0, 0.05) is 13.5 Å². The van der Waals surface area contributed by atoms with E-state index in [2.05, 4.69) is 18.8 Å². The van der Waals surface area contributed by atoms with Crippen LogP contribution in [-0.4, -0.2) is 20.6 Å². The van der Waals surface area contributed by atoms with E-state index in [0.29, 0.717) is 5.92 Å². The zero-order chi connectivity index (χ0) is 10.0. The van der Waals surface area contributed by atoms with Crippen molar-refractivity contribution in [3.8, 4) is 0 Å². The Bertz CT molecular complexity index is 315. The molecule has 0 aliphatic heterocycles. The minimum Gasteiger partial charge on any atom is -0.477 e. The number of hydrogen-bond donors (Lipinski definition) is 1. The molecule has 13 heavy (non-hydrogen) atoms. The molecule has 0 saturated heterocycles. The van der Waals surface area contributed by atoms with E-state index in [1.54, 1.807) is 11.6 Å². The molecule has 1 aromatic rings. The minimum absolute atomic E-state index is 0.246. The number of rotatable bonds is 3. The van der Waals surface area contributed by atoms with Crippen LogP contribution in [0.15, 0.2) is 6.20 Å². The topological polar surface area (TPSA) is 55.1 Å². The van der Waals surface area contributed by atoms with Crippen LogP contribution >= 0.6 is 0 Å². The van der Waals surface area contributed by atoms with Crippen molar-refractivity contribution in [1.29, 1.82) is 0 Å². The van der Waals surface area contributed by atoms with Crippen molar-refractivity contribution in [2.75, 3.05) is 0 Å². The molecule has 0 amide bonds. The zero-order valence-electron chi connectivity index (χ0n) is 8.11. The Balaban J connectivity index is 2.93. The minimum atomic E-state index is -0.926. The Morgan fingerprint density at radius 1 is 1.69 bits per heavy atom. The van der Waals surface area contributed by atoms with Gasteiger partial charge >= 0.3 is 5.97 Å². The molecule has 0 bridgehead atoms. The van der Waals surface area contributed by atoms with Crippen molar-refractivity contribution in [2.45, 2.75) is 20.3 Å². The van der Waals surface area contributed by atoms with Gasteiger partial charge in [0.05, 0.1) is 6.20 Å². The third-order valence-corrected chi connectivity index (χ3v) is 1.89. The Hall–Kier alpha value is -1.32. The van der Waals surface area contributed by atoms with Gasteiger partial charge in [-0.15, -0.1) is 0 Å². The molecule has 0 atom stereocenters. The molecule has 0 aromatic carbocycles. The maximum atomic E-state index is 10.7. The first kappa shape index (κ1) is 9.77.